The molecule has 0 N–H and O–H groups in total. The molecule has 3 rings (SSSR count). The van der Waals surface area contributed by atoms with Crippen molar-refractivity contribution in [1.29, 1.82) is 0 Å². The average Bonchev–Trinajstić information content (AvgIpc) is 2.53. The molecule has 0 spiro atoms. The lowest BCUT2D eigenvalue weighted by Crippen LogP contribution is -2.49. The van der Waals surface area contributed by atoms with Crippen molar-refractivity contribution in [2.24, 2.45) is 0 Å². The van der Waals surface area contributed by atoms with Crippen LogP contribution in [-0.4, -0.2) is 54.2 Å². The van der Waals surface area contributed by atoms with E-state index in [0.717, 1.165) is 34.3 Å². The third-order valence-corrected chi connectivity index (χ3v) is 4.08. The minimum absolute atomic E-state index is 0.273. The van der Waals surface area contributed by atoms with Crippen molar-refractivity contribution in [3.63, 3.8) is 0 Å². The molecule has 1 aromatic heterocycles. The highest BCUT2D eigenvalue weighted by Gasteiger charge is 2.23. The maximum atomic E-state index is 11.5. The summed E-state index contributed by atoms with van der Waals surface area (Å²) in [4.78, 5) is 24.1. The second-order valence-electron chi connectivity index (χ2n) is 4.80. The van der Waals surface area contributed by atoms with E-state index in [0.29, 0.717) is 13.1 Å². The number of anilines is 1. The van der Waals surface area contributed by atoms with Gasteiger partial charge in [0.2, 0.25) is 0 Å². The van der Waals surface area contributed by atoms with Gasteiger partial charge in [0.1, 0.15) is 12.1 Å². The Morgan fingerprint density at radius 2 is 2.00 bits per heavy atom. The molecule has 1 amide bonds. The fourth-order valence-electron chi connectivity index (χ4n) is 2.50. The fraction of sp³-hybridized carbons (Fsp3) is 0.357. The Balaban J connectivity index is 1.85. The lowest BCUT2D eigenvalue weighted by atomic mass is 10.2. The monoisotopic (exact) mass is 350 g/mol. The van der Waals surface area contributed by atoms with Crippen molar-refractivity contribution in [2.75, 3.05) is 38.2 Å². The number of nitrogens with zero attached hydrogens (tertiary/aromatic N) is 4. The molecule has 7 heteroatoms. The molecule has 1 fully saturated rings. The van der Waals surface area contributed by atoms with Crippen LogP contribution in [0.1, 0.15) is 0 Å². The summed E-state index contributed by atoms with van der Waals surface area (Å²) in [5, 5.41) is 1.01. The SMILES string of the molecule is COC(=O)N1CCN(c2ncnc3ccc(Br)cc23)CC1. The second-order valence-corrected chi connectivity index (χ2v) is 5.72. The van der Waals surface area contributed by atoms with Gasteiger partial charge in [0.15, 0.2) is 0 Å². The summed E-state index contributed by atoms with van der Waals surface area (Å²) in [6.45, 7) is 2.72. The summed E-state index contributed by atoms with van der Waals surface area (Å²) >= 11 is 3.49. The van der Waals surface area contributed by atoms with E-state index < -0.39 is 0 Å². The smallest absolute Gasteiger partial charge is 0.409 e. The fourth-order valence-corrected chi connectivity index (χ4v) is 2.86. The Hall–Kier alpha value is -1.89. The predicted octanol–water partition coefficient (Wildman–Crippen LogP) is 2.28. The van der Waals surface area contributed by atoms with Crippen LogP contribution in [0.4, 0.5) is 10.6 Å². The van der Waals surface area contributed by atoms with Crippen LogP contribution in [0.5, 0.6) is 0 Å². The molecule has 1 saturated heterocycles. The summed E-state index contributed by atoms with van der Waals surface area (Å²) < 4.78 is 5.75. The number of ether oxygens (including phenoxy) is 1. The van der Waals surface area contributed by atoms with Crippen LogP contribution in [0.25, 0.3) is 10.9 Å². The number of hydrogen-bond acceptors (Lipinski definition) is 5. The Morgan fingerprint density at radius 1 is 1.24 bits per heavy atom. The summed E-state index contributed by atoms with van der Waals surface area (Å²) in [5.41, 5.74) is 0.915. The topological polar surface area (TPSA) is 58.6 Å². The third-order valence-electron chi connectivity index (χ3n) is 3.59. The van der Waals surface area contributed by atoms with Crippen LogP contribution in [0, 0.1) is 0 Å². The van der Waals surface area contributed by atoms with Crippen LogP contribution in [0.2, 0.25) is 0 Å². The van der Waals surface area contributed by atoms with E-state index in [9.17, 15) is 4.79 Å². The molecule has 0 radical (unpaired) electrons. The van der Waals surface area contributed by atoms with Crippen LogP contribution >= 0.6 is 15.9 Å². The van der Waals surface area contributed by atoms with Gasteiger partial charge in [0.25, 0.3) is 0 Å². The van der Waals surface area contributed by atoms with E-state index in [-0.39, 0.29) is 6.09 Å². The van der Waals surface area contributed by atoms with Gasteiger partial charge in [0.05, 0.1) is 12.6 Å². The summed E-state index contributed by atoms with van der Waals surface area (Å²) in [5.74, 6) is 0.908. The Labute approximate surface area is 130 Å². The maximum absolute atomic E-state index is 11.5. The number of halogens is 1. The van der Waals surface area contributed by atoms with Gasteiger partial charge in [-0.2, -0.15) is 0 Å². The summed E-state index contributed by atoms with van der Waals surface area (Å²) in [7, 11) is 1.41. The molecule has 1 aliphatic heterocycles. The van der Waals surface area contributed by atoms with Crippen LogP contribution in [-0.2, 0) is 4.74 Å². The van der Waals surface area contributed by atoms with E-state index >= 15 is 0 Å². The van der Waals surface area contributed by atoms with Crippen molar-refractivity contribution >= 4 is 38.7 Å². The summed E-state index contributed by atoms with van der Waals surface area (Å²) in [6.07, 6.45) is 1.31. The van der Waals surface area contributed by atoms with Gasteiger partial charge in [-0.3, -0.25) is 0 Å². The van der Waals surface area contributed by atoms with Gasteiger partial charge < -0.3 is 14.5 Å². The minimum atomic E-state index is -0.273. The number of hydrogen-bond donors (Lipinski definition) is 0. The Morgan fingerprint density at radius 3 is 2.71 bits per heavy atom. The first-order chi connectivity index (χ1) is 10.2. The van der Waals surface area contributed by atoms with E-state index in [2.05, 4.69) is 30.8 Å². The molecule has 0 atom stereocenters. The lowest BCUT2D eigenvalue weighted by Gasteiger charge is -2.34. The molecule has 2 aromatic rings. The number of benzene rings is 1. The highest BCUT2D eigenvalue weighted by Crippen LogP contribution is 2.26. The molecule has 0 bridgehead atoms. The molecular weight excluding hydrogens is 336 g/mol. The molecule has 0 unspecified atom stereocenters. The third kappa shape index (κ3) is 2.78. The maximum Gasteiger partial charge on any atom is 0.409 e. The predicted molar refractivity (Wildman–Crippen MR) is 83.4 cm³/mol. The van der Waals surface area contributed by atoms with Gasteiger partial charge in [-0.05, 0) is 18.2 Å². The molecule has 6 nitrogen and oxygen atoms in total. The first kappa shape index (κ1) is 14.1. The van der Waals surface area contributed by atoms with Gasteiger partial charge >= 0.3 is 6.09 Å². The number of rotatable bonds is 1. The van der Waals surface area contributed by atoms with E-state index in [1.54, 1.807) is 11.2 Å². The zero-order chi connectivity index (χ0) is 14.8. The lowest BCUT2D eigenvalue weighted by molar-refractivity contribution is 0.121. The Bertz CT molecular complexity index is 671. The second kappa shape index (κ2) is 5.85. The van der Waals surface area contributed by atoms with Gasteiger partial charge in [-0.15, -0.1) is 0 Å². The number of amides is 1. The van der Waals surface area contributed by atoms with E-state index in [1.807, 2.05) is 18.2 Å². The van der Waals surface area contributed by atoms with Gasteiger partial charge in [-0.1, -0.05) is 15.9 Å². The number of piperazine rings is 1. The minimum Gasteiger partial charge on any atom is -0.453 e. The van der Waals surface area contributed by atoms with Crippen molar-refractivity contribution < 1.29 is 9.53 Å². The normalized spacial score (nSPS) is 15.3. The summed E-state index contributed by atoms with van der Waals surface area (Å²) in [6, 6.07) is 5.96. The molecule has 0 aliphatic carbocycles. The highest BCUT2D eigenvalue weighted by molar-refractivity contribution is 9.10. The molecule has 110 valence electrons. The number of aromatic nitrogens is 2. The largest absolute Gasteiger partial charge is 0.453 e. The van der Waals surface area contributed by atoms with Crippen molar-refractivity contribution in [3.05, 3.63) is 29.0 Å². The van der Waals surface area contributed by atoms with Gasteiger partial charge in [0, 0.05) is 36.0 Å². The molecule has 21 heavy (non-hydrogen) atoms. The molecule has 0 saturated carbocycles. The number of methoxy groups -OCH3 is 1. The van der Waals surface area contributed by atoms with Crippen LogP contribution in [0.3, 0.4) is 0 Å². The molecule has 2 heterocycles. The van der Waals surface area contributed by atoms with Crippen LogP contribution < -0.4 is 4.90 Å². The van der Waals surface area contributed by atoms with Crippen molar-refractivity contribution in [2.45, 2.75) is 0 Å². The number of carbonyl (C=O) groups is 1. The van der Waals surface area contributed by atoms with E-state index in [4.69, 9.17) is 4.74 Å². The molecular formula is C14H15BrN4O2. The van der Waals surface area contributed by atoms with Gasteiger partial charge in [-0.25, -0.2) is 14.8 Å². The van der Waals surface area contributed by atoms with Crippen molar-refractivity contribution in [1.82, 2.24) is 14.9 Å². The first-order valence-corrected chi connectivity index (χ1v) is 7.46. The van der Waals surface area contributed by atoms with E-state index in [1.165, 1.54) is 7.11 Å². The van der Waals surface area contributed by atoms with Crippen molar-refractivity contribution in [3.8, 4) is 0 Å². The zero-order valence-corrected chi connectivity index (χ0v) is 13.2. The molecule has 1 aromatic carbocycles. The molecule has 1 aliphatic rings. The van der Waals surface area contributed by atoms with Crippen LogP contribution in [0.15, 0.2) is 29.0 Å². The first-order valence-electron chi connectivity index (χ1n) is 6.67. The highest BCUT2D eigenvalue weighted by atomic mass is 79.9. The average molecular weight is 351 g/mol. The number of fused-ring (bicyclic) bond motifs is 1. The zero-order valence-electron chi connectivity index (χ0n) is 11.6. The number of carbonyl (C=O) groups excluding carboxylic acids is 1. The quantitative estimate of drug-likeness (QED) is 0.789. The standard InChI is InChI=1S/C14H15BrN4O2/c1-21-14(20)19-6-4-18(5-7-19)13-11-8-10(15)2-3-12(11)16-9-17-13/h2-3,8-9H,4-7H2,1H3. The Kier molecular flexibility index (Phi) is 3.92.